The van der Waals surface area contributed by atoms with Crippen LogP contribution in [-0.2, 0) is 10.2 Å². The third kappa shape index (κ3) is 4.65. The van der Waals surface area contributed by atoms with Crippen molar-refractivity contribution in [1.29, 1.82) is 0 Å². The number of amides is 1. The third-order valence-electron chi connectivity index (χ3n) is 2.69. The van der Waals surface area contributed by atoms with Crippen molar-refractivity contribution < 1.29 is 4.79 Å². The molecule has 0 aliphatic carbocycles. The molecule has 0 aliphatic heterocycles. The molecule has 0 saturated carbocycles. The van der Waals surface area contributed by atoms with Gasteiger partial charge in [-0.25, -0.2) is 15.8 Å². The Kier molecular flexibility index (Phi) is 5.26. The molecular weight excluding hydrogens is 256 g/mol. The average Bonchev–Trinajstić information content (AvgIpc) is 2.37. The summed E-state index contributed by atoms with van der Waals surface area (Å²) in [6, 6.07) is 1.72. The smallest absolute Gasteiger partial charge is 0.223 e. The lowest BCUT2D eigenvalue weighted by atomic mass is 9.96. The summed E-state index contributed by atoms with van der Waals surface area (Å²) in [5, 5.41) is 3.12. The maximum atomic E-state index is 11.5. The standard InChI is InChI=1S/C13H24N6O/c1-13(2,3)12-16-9(8-10(17-12)18-14)15-7-6-11(20)19(4)5/h8H,6-7,14H2,1-5H3,(H2,15,16,17,18). The zero-order valence-corrected chi connectivity index (χ0v) is 12.8. The van der Waals surface area contributed by atoms with Crippen LogP contribution in [0.3, 0.4) is 0 Å². The van der Waals surface area contributed by atoms with Crippen molar-refractivity contribution in [3.05, 3.63) is 11.9 Å². The number of aromatic nitrogens is 2. The van der Waals surface area contributed by atoms with E-state index in [1.165, 1.54) is 0 Å². The molecule has 1 aromatic rings. The van der Waals surface area contributed by atoms with E-state index in [9.17, 15) is 4.79 Å². The summed E-state index contributed by atoms with van der Waals surface area (Å²) in [6.07, 6.45) is 0.410. The molecule has 0 atom stereocenters. The maximum Gasteiger partial charge on any atom is 0.223 e. The van der Waals surface area contributed by atoms with Crippen LogP contribution in [0, 0.1) is 0 Å². The second-order valence-corrected chi connectivity index (χ2v) is 5.82. The van der Waals surface area contributed by atoms with Gasteiger partial charge < -0.3 is 15.6 Å². The van der Waals surface area contributed by atoms with Crippen molar-refractivity contribution >= 4 is 17.5 Å². The van der Waals surface area contributed by atoms with E-state index in [0.29, 0.717) is 30.4 Å². The molecular formula is C13H24N6O. The van der Waals surface area contributed by atoms with Crippen LogP contribution in [-0.4, -0.2) is 41.4 Å². The van der Waals surface area contributed by atoms with Gasteiger partial charge in [0.05, 0.1) is 0 Å². The Balaban J connectivity index is 2.77. The molecule has 0 saturated heterocycles. The van der Waals surface area contributed by atoms with Crippen LogP contribution in [0.4, 0.5) is 11.6 Å². The molecule has 0 spiro atoms. The number of nitrogens with two attached hydrogens (primary N) is 1. The van der Waals surface area contributed by atoms with E-state index < -0.39 is 0 Å². The minimum atomic E-state index is -0.178. The van der Waals surface area contributed by atoms with E-state index in [2.05, 4.69) is 20.7 Å². The first kappa shape index (κ1) is 16.2. The second-order valence-electron chi connectivity index (χ2n) is 5.82. The second kappa shape index (κ2) is 6.51. The van der Waals surface area contributed by atoms with E-state index in [1.54, 1.807) is 25.1 Å². The van der Waals surface area contributed by atoms with Gasteiger partial charge in [0.2, 0.25) is 5.91 Å². The molecule has 112 valence electrons. The van der Waals surface area contributed by atoms with Crippen LogP contribution in [0.1, 0.15) is 33.0 Å². The molecule has 0 unspecified atom stereocenters. The summed E-state index contributed by atoms with van der Waals surface area (Å²) in [4.78, 5) is 21.9. The Hall–Kier alpha value is -1.89. The van der Waals surface area contributed by atoms with Crippen LogP contribution in [0.25, 0.3) is 0 Å². The number of rotatable bonds is 5. The molecule has 20 heavy (non-hydrogen) atoms. The number of nitrogens with one attached hydrogen (secondary N) is 2. The minimum absolute atomic E-state index is 0.0692. The van der Waals surface area contributed by atoms with E-state index in [4.69, 9.17) is 5.84 Å². The number of hydrogen-bond donors (Lipinski definition) is 3. The maximum absolute atomic E-state index is 11.5. The van der Waals surface area contributed by atoms with Crippen molar-refractivity contribution in [1.82, 2.24) is 14.9 Å². The van der Waals surface area contributed by atoms with Gasteiger partial charge in [-0.05, 0) is 0 Å². The van der Waals surface area contributed by atoms with Crippen molar-refractivity contribution in [2.45, 2.75) is 32.6 Å². The third-order valence-corrected chi connectivity index (χ3v) is 2.69. The summed E-state index contributed by atoms with van der Waals surface area (Å²) in [7, 11) is 3.47. The molecule has 4 N–H and O–H groups in total. The predicted octanol–water partition coefficient (Wildman–Crippen LogP) is 0.950. The van der Waals surface area contributed by atoms with Gasteiger partial charge in [0.1, 0.15) is 17.5 Å². The predicted molar refractivity (Wildman–Crippen MR) is 80.3 cm³/mol. The zero-order valence-electron chi connectivity index (χ0n) is 12.8. The molecule has 0 bridgehead atoms. The van der Waals surface area contributed by atoms with E-state index in [-0.39, 0.29) is 11.3 Å². The summed E-state index contributed by atoms with van der Waals surface area (Å²) < 4.78 is 0. The quantitative estimate of drug-likeness (QED) is 0.549. The molecule has 0 radical (unpaired) electrons. The fourth-order valence-electron chi connectivity index (χ4n) is 1.47. The Morgan fingerprint density at radius 1 is 1.30 bits per heavy atom. The number of nitrogen functional groups attached to an aromatic ring is 1. The van der Waals surface area contributed by atoms with Gasteiger partial charge in [-0.2, -0.15) is 0 Å². The SMILES string of the molecule is CN(C)C(=O)CCNc1cc(NN)nc(C(C)(C)C)n1. The van der Waals surface area contributed by atoms with Gasteiger partial charge in [0, 0.05) is 38.5 Å². The summed E-state index contributed by atoms with van der Waals surface area (Å²) in [6.45, 7) is 6.60. The molecule has 1 rings (SSSR count). The van der Waals surface area contributed by atoms with Crippen LogP contribution in [0.15, 0.2) is 6.07 Å². The van der Waals surface area contributed by atoms with Gasteiger partial charge in [-0.1, -0.05) is 20.8 Å². The lowest BCUT2D eigenvalue weighted by Crippen LogP contribution is -2.24. The monoisotopic (exact) mass is 280 g/mol. The molecule has 7 nitrogen and oxygen atoms in total. The van der Waals surface area contributed by atoms with Gasteiger partial charge in [0.15, 0.2) is 0 Å². The molecule has 7 heteroatoms. The Morgan fingerprint density at radius 2 is 1.90 bits per heavy atom. The summed E-state index contributed by atoms with van der Waals surface area (Å²) >= 11 is 0. The van der Waals surface area contributed by atoms with E-state index >= 15 is 0 Å². The zero-order chi connectivity index (χ0) is 15.3. The van der Waals surface area contributed by atoms with Crippen LogP contribution >= 0.6 is 0 Å². The van der Waals surface area contributed by atoms with Crippen LogP contribution in [0.5, 0.6) is 0 Å². The topological polar surface area (TPSA) is 96.2 Å². The van der Waals surface area contributed by atoms with Gasteiger partial charge in [0.25, 0.3) is 0 Å². The number of carbonyl (C=O) groups excluding carboxylic acids is 1. The largest absolute Gasteiger partial charge is 0.369 e. The van der Waals surface area contributed by atoms with Crippen molar-refractivity contribution in [3.8, 4) is 0 Å². The molecule has 0 aromatic carbocycles. The molecule has 0 aliphatic rings. The molecule has 1 amide bonds. The van der Waals surface area contributed by atoms with Gasteiger partial charge in [-0.3, -0.25) is 4.79 Å². The number of anilines is 2. The molecule has 0 fully saturated rings. The lowest BCUT2D eigenvalue weighted by molar-refractivity contribution is -0.128. The van der Waals surface area contributed by atoms with E-state index in [1.807, 2.05) is 20.8 Å². The van der Waals surface area contributed by atoms with E-state index in [0.717, 1.165) is 0 Å². The van der Waals surface area contributed by atoms with Gasteiger partial charge >= 0.3 is 0 Å². The Labute approximate surface area is 119 Å². The normalized spacial score (nSPS) is 11.1. The first-order valence-electron chi connectivity index (χ1n) is 6.54. The highest BCUT2D eigenvalue weighted by molar-refractivity contribution is 5.76. The highest BCUT2D eigenvalue weighted by Crippen LogP contribution is 2.21. The van der Waals surface area contributed by atoms with Crippen molar-refractivity contribution in [3.63, 3.8) is 0 Å². The summed E-state index contributed by atoms with van der Waals surface area (Å²) in [5.74, 6) is 7.38. The summed E-state index contributed by atoms with van der Waals surface area (Å²) in [5.41, 5.74) is 2.35. The lowest BCUT2D eigenvalue weighted by Gasteiger charge is -2.19. The van der Waals surface area contributed by atoms with Crippen LogP contribution < -0.4 is 16.6 Å². The highest BCUT2D eigenvalue weighted by atomic mass is 16.2. The fraction of sp³-hybridized carbons (Fsp3) is 0.615. The van der Waals surface area contributed by atoms with Gasteiger partial charge in [-0.15, -0.1) is 0 Å². The first-order valence-corrected chi connectivity index (χ1v) is 6.54. The Bertz CT molecular complexity index is 466. The number of nitrogens with zero attached hydrogens (tertiary/aromatic N) is 3. The van der Waals surface area contributed by atoms with Crippen LogP contribution in [0.2, 0.25) is 0 Å². The highest BCUT2D eigenvalue weighted by Gasteiger charge is 2.19. The van der Waals surface area contributed by atoms with Crippen molar-refractivity contribution in [2.75, 3.05) is 31.4 Å². The minimum Gasteiger partial charge on any atom is -0.369 e. The Morgan fingerprint density at radius 3 is 2.40 bits per heavy atom. The molecule has 1 heterocycles. The van der Waals surface area contributed by atoms with Crippen molar-refractivity contribution in [2.24, 2.45) is 5.84 Å². The number of carbonyl (C=O) groups is 1. The first-order chi connectivity index (χ1) is 9.24. The fourth-order valence-corrected chi connectivity index (χ4v) is 1.47. The molecule has 1 aromatic heterocycles. The number of hydrogen-bond acceptors (Lipinski definition) is 6. The average molecular weight is 280 g/mol. The number of hydrazine groups is 1.